The Morgan fingerprint density at radius 2 is 2.28 bits per heavy atom. The first kappa shape index (κ1) is 12.5. The van der Waals surface area contributed by atoms with E-state index in [9.17, 15) is 4.79 Å². The maximum atomic E-state index is 10.9. The van der Waals surface area contributed by atoms with Crippen LogP contribution < -0.4 is 10.6 Å². The van der Waals surface area contributed by atoms with E-state index in [0.717, 1.165) is 36.4 Å². The van der Waals surface area contributed by atoms with Crippen molar-refractivity contribution >= 4 is 17.5 Å². The number of nitrogens with zero attached hydrogens (tertiary/aromatic N) is 2. The van der Waals surface area contributed by atoms with Crippen molar-refractivity contribution in [2.24, 2.45) is 0 Å². The fraction of sp³-hybridized carbons (Fsp3) is 0.462. The van der Waals surface area contributed by atoms with Crippen molar-refractivity contribution in [2.45, 2.75) is 19.4 Å². The van der Waals surface area contributed by atoms with Crippen LogP contribution in [0.3, 0.4) is 0 Å². The Bertz CT molecular complexity index is 462. The molecular formula is C13H19N3O2. The maximum absolute atomic E-state index is 10.9. The summed E-state index contributed by atoms with van der Waals surface area (Å²) in [6, 6.07) is 6.02. The number of likely N-dealkylation sites (N-methyl/N-ethyl adjacent to an activating group) is 1. The molecule has 1 aliphatic rings. The molecule has 0 spiro atoms. The van der Waals surface area contributed by atoms with E-state index in [2.05, 4.69) is 11.0 Å². The van der Waals surface area contributed by atoms with Gasteiger partial charge in [-0.2, -0.15) is 0 Å². The number of benzene rings is 1. The van der Waals surface area contributed by atoms with Crippen LogP contribution in [0.2, 0.25) is 0 Å². The molecule has 5 heteroatoms. The second-order valence-corrected chi connectivity index (χ2v) is 4.82. The molecule has 0 bridgehead atoms. The van der Waals surface area contributed by atoms with Gasteiger partial charge in [-0.15, -0.1) is 0 Å². The highest BCUT2D eigenvalue weighted by Crippen LogP contribution is 2.25. The second-order valence-electron chi connectivity index (χ2n) is 4.82. The first-order valence-corrected chi connectivity index (χ1v) is 6.06. The molecule has 1 atom stereocenters. The Labute approximate surface area is 107 Å². The number of rotatable bonds is 2. The summed E-state index contributed by atoms with van der Waals surface area (Å²) in [6.07, 6.45) is 0.00186. The van der Waals surface area contributed by atoms with E-state index in [0.29, 0.717) is 0 Å². The van der Waals surface area contributed by atoms with Gasteiger partial charge in [-0.05, 0) is 37.1 Å². The van der Waals surface area contributed by atoms with E-state index in [1.165, 1.54) is 4.90 Å². The third-order valence-electron chi connectivity index (χ3n) is 3.63. The molecule has 1 fully saturated rings. The number of anilines is 2. The van der Waals surface area contributed by atoms with E-state index in [1.807, 2.05) is 19.1 Å². The molecule has 0 aromatic heterocycles. The molecule has 98 valence electrons. The van der Waals surface area contributed by atoms with Crippen molar-refractivity contribution in [2.75, 3.05) is 30.8 Å². The van der Waals surface area contributed by atoms with E-state index >= 15 is 0 Å². The van der Waals surface area contributed by atoms with Crippen LogP contribution in [0.5, 0.6) is 0 Å². The van der Waals surface area contributed by atoms with Crippen LogP contribution in [0.4, 0.5) is 16.2 Å². The van der Waals surface area contributed by atoms with Crippen LogP contribution in [0.25, 0.3) is 0 Å². The lowest BCUT2D eigenvalue weighted by Gasteiger charge is -2.23. The summed E-state index contributed by atoms with van der Waals surface area (Å²) >= 11 is 0. The smallest absolute Gasteiger partial charge is 0.407 e. The van der Waals surface area contributed by atoms with Gasteiger partial charge >= 0.3 is 6.09 Å². The van der Waals surface area contributed by atoms with Gasteiger partial charge in [0, 0.05) is 31.5 Å². The number of carbonyl (C=O) groups is 1. The van der Waals surface area contributed by atoms with Crippen molar-refractivity contribution < 1.29 is 9.90 Å². The predicted octanol–water partition coefficient (Wildman–Crippen LogP) is 1.77. The minimum atomic E-state index is -0.865. The number of carboxylic acid groups (broad SMARTS) is 1. The van der Waals surface area contributed by atoms with Crippen molar-refractivity contribution in [3.05, 3.63) is 23.8 Å². The van der Waals surface area contributed by atoms with Gasteiger partial charge in [0.1, 0.15) is 0 Å². The zero-order valence-corrected chi connectivity index (χ0v) is 10.8. The molecule has 3 N–H and O–H groups in total. The first-order valence-electron chi connectivity index (χ1n) is 6.06. The Balaban J connectivity index is 2.08. The van der Waals surface area contributed by atoms with Crippen LogP contribution in [0, 0.1) is 6.92 Å². The summed E-state index contributed by atoms with van der Waals surface area (Å²) in [5.41, 5.74) is 8.76. The molecule has 1 aliphatic heterocycles. The third kappa shape index (κ3) is 2.34. The average molecular weight is 249 g/mol. The number of amides is 1. The van der Waals surface area contributed by atoms with Gasteiger partial charge in [-0.25, -0.2) is 4.79 Å². The molecule has 0 saturated carbocycles. The summed E-state index contributed by atoms with van der Waals surface area (Å²) in [5, 5.41) is 8.97. The highest BCUT2D eigenvalue weighted by molar-refractivity contribution is 5.65. The van der Waals surface area contributed by atoms with Crippen LogP contribution in [0.1, 0.15) is 12.0 Å². The minimum absolute atomic E-state index is 0.0698. The Morgan fingerprint density at radius 3 is 2.89 bits per heavy atom. The highest BCUT2D eigenvalue weighted by Gasteiger charge is 2.28. The van der Waals surface area contributed by atoms with Crippen molar-refractivity contribution in [1.82, 2.24) is 4.90 Å². The molecule has 0 aliphatic carbocycles. The average Bonchev–Trinajstić information content (AvgIpc) is 2.81. The second kappa shape index (κ2) is 4.76. The Kier molecular flexibility index (Phi) is 3.32. The van der Waals surface area contributed by atoms with Gasteiger partial charge in [0.25, 0.3) is 0 Å². The quantitative estimate of drug-likeness (QED) is 0.784. The van der Waals surface area contributed by atoms with Gasteiger partial charge in [-0.3, -0.25) is 0 Å². The summed E-state index contributed by atoms with van der Waals surface area (Å²) in [7, 11) is 1.63. The van der Waals surface area contributed by atoms with Gasteiger partial charge < -0.3 is 20.6 Å². The summed E-state index contributed by atoms with van der Waals surface area (Å²) in [6.45, 7) is 3.60. The molecule has 2 rings (SSSR count). The normalized spacial score (nSPS) is 19.0. The lowest BCUT2D eigenvalue weighted by Crippen LogP contribution is -2.38. The van der Waals surface area contributed by atoms with Gasteiger partial charge in [0.15, 0.2) is 0 Å². The van der Waals surface area contributed by atoms with Crippen LogP contribution in [-0.2, 0) is 0 Å². The maximum Gasteiger partial charge on any atom is 0.407 e. The zero-order valence-electron chi connectivity index (χ0n) is 10.8. The lowest BCUT2D eigenvalue weighted by molar-refractivity contribution is 0.142. The number of nitrogen functional groups attached to an aromatic ring is 1. The van der Waals surface area contributed by atoms with Crippen LogP contribution in [-0.4, -0.2) is 42.3 Å². The fourth-order valence-electron chi connectivity index (χ4n) is 2.31. The Morgan fingerprint density at radius 1 is 1.56 bits per heavy atom. The molecule has 1 heterocycles. The molecule has 1 saturated heterocycles. The van der Waals surface area contributed by atoms with Crippen LogP contribution in [0.15, 0.2) is 18.2 Å². The molecule has 0 radical (unpaired) electrons. The summed E-state index contributed by atoms with van der Waals surface area (Å²) in [4.78, 5) is 14.5. The summed E-state index contributed by atoms with van der Waals surface area (Å²) in [5.74, 6) is 0. The van der Waals surface area contributed by atoms with E-state index in [1.54, 1.807) is 7.05 Å². The SMILES string of the molecule is Cc1cc(N2CCC(N(C)C(=O)O)C2)ccc1N. The van der Waals surface area contributed by atoms with Crippen molar-refractivity contribution in [3.8, 4) is 0 Å². The van der Waals surface area contributed by atoms with Crippen molar-refractivity contribution in [3.63, 3.8) is 0 Å². The molecule has 1 aromatic rings. The number of hydrogen-bond donors (Lipinski definition) is 2. The predicted molar refractivity (Wildman–Crippen MR) is 72.0 cm³/mol. The Hall–Kier alpha value is -1.91. The van der Waals surface area contributed by atoms with Gasteiger partial charge in [0.05, 0.1) is 6.04 Å². The van der Waals surface area contributed by atoms with Crippen LogP contribution >= 0.6 is 0 Å². The zero-order chi connectivity index (χ0) is 13.3. The van der Waals surface area contributed by atoms with E-state index in [-0.39, 0.29) is 6.04 Å². The van der Waals surface area contributed by atoms with Gasteiger partial charge in [-0.1, -0.05) is 0 Å². The minimum Gasteiger partial charge on any atom is -0.465 e. The molecule has 1 unspecified atom stereocenters. The fourth-order valence-corrected chi connectivity index (χ4v) is 2.31. The standard InChI is InChI=1S/C13H19N3O2/c1-9-7-10(3-4-12(9)14)16-6-5-11(8-16)15(2)13(17)18/h3-4,7,11H,5-6,8,14H2,1-2H3,(H,17,18). The lowest BCUT2D eigenvalue weighted by atomic mass is 10.2. The van der Waals surface area contributed by atoms with Crippen molar-refractivity contribution in [1.29, 1.82) is 0 Å². The monoisotopic (exact) mass is 249 g/mol. The molecule has 18 heavy (non-hydrogen) atoms. The highest BCUT2D eigenvalue weighted by atomic mass is 16.4. The number of hydrogen-bond acceptors (Lipinski definition) is 3. The molecular weight excluding hydrogens is 230 g/mol. The number of aryl methyl sites for hydroxylation is 1. The first-order chi connectivity index (χ1) is 8.49. The topological polar surface area (TPSA) is 69.8 Å². The third-order valence-corrected chi connectivity index (χ3v) is 3.63. The number of nitrogens with two attached hydrogens (primary N) is 1. The van der Waals surface area contributed by atoms with E-state index < -0.39 is 6.09 Å². The summed E-state index contributed by atoms with van der Waals surface area (Å²) < 4.78 is 0. The molecule has 1 aromatic carbocycles. The molecule has 5 nitrogen and oxygen atoms in total. The van der Waals surface area contributed by atoms with E-state index in [4.69, 9.17) is 10.8 Å². The largest absolute Gasteiger partial charge is 0.465 e. The van der Waals surface area contributed by atoms with Gasteiger partial charge in [0.2, 0.25) is 0 Å². The molecule has 1 amide bonds.